The Morgan fingerprint density at radius 1 is 1.19 bits per heavy atom. The summed E-state index contributed by atoms with van der Waals surface area (Å²) in [5.41, 5.74) is 1.35. The molecule has 2 aliphatic rings. The van der Waals surface area contributed by atoms with E-state index in [1.54, 1.807) is 24.8 Å². The topological polar surface area (TPSA) is 77.4 Å². The van der Waals surface area contributed by atoms with Gasteiger partial charge in [-0.3, -0.25) is 14.8 Å². The molecule has 4 rings (SSSR count). The molecule has 1 atom stereocenters. The Kier molecular flexibility index (Phi) is 4.90. The van der Waals surface area contributed by atoms with Gasteiger partial charge < -0.3 is 14.4 Å². The molecule has 4 heterocycles. The summed E-state index contributed by atoms with van der Waals surface area (Å²) in [4.78, 5) is 26.4. The van der Waals surface area contributed by atoms with Gasteiger partial charge in [-0.25, -0.2) is 4.98 Å². The van der Waals surface area contributed by atoms with Crippen LogP contribution in [-0.4, -0.2) is 57.2 Å². The van der Waals surface area contributed by atoms with Crippen LogP contribution in [0.2, 0.25) is 0 Å². The maximum Gasteiger partial charge on any atom is 0.274 e. The molecule has 1 amide bonds. The van der Waals surface area contributed by atoms with Gasteiger partial charge in [0.1, 0.15) is 5.69 Å². The molecular formula is C19H22N4O3. The van der Waals surface area contributed by atoms with Crippen molar-refractivity contribution in [2.75, 3.05) is 19.7 Å². The Morgan fingerprint density at radius 2 is 2.00 bits per heavy atom. The Bertz CT molecular complexity index is 733. The fourth-order valence-corrected chi connectivity index (χ4v) is 3.64. The summed E-state index contributed by atoms with van der Waals surface area (Å²) in [5.74, 6) is -0.0589. The summed E-state index contributed by atoms with van der Waals surface area (Å²) in [6, 6.07) is 3.92. The molecule has 0 bridgehead atoms. The van der Waals surface area contributed by atoms with Crippen molar-refractivity contribution in [1.29, 1.82) is 0 Å². The van der Waals surface area contributed by atoms with Gasteiger partial charge in [0, 0.05) is 44.3 Å². The van der Waals surface area contributed by atoms with E-state index in [0.29, 0.717) is 32.0 Å². The van der Waals surface area contributed by atoms with Crippen molar-refractivity contribution in [3.05, 3.63) is 54.4 Å². The molecule has 1 unspecified atom stereocenters. The van der Waals surface area contributed by atoms with Gasteiger partial charge >= 0.3 is 0 Å². The molecule has 0 radical (unpaired) electrons. The molecular weight excluding hydrogens is 332 g/mol. The molecule has 26 heavy (non-hydrogen) atoms. The lowest BCUT2D eigenvalue weighted by Gasteiger charge is -2.38. The van der Waals surface area contributed by atoms with E-state index in [0.717, 1.165) is 24.8 Å². The molecule has 7 heteroatoms. The maximum absolute atomic E-state index is 12.5. The van der Waals surface area contributed by atoms with Crippen molar-refractivity contribution in [3.8, 4) is 0 Å². The lowest BCUT2D eigenvalue weighted by molar-refractivity contribution is -0.0413. The number of ether oxygens (including phenoxy) is 2. The first-order valence-corrected chi connectivity index (χ1v) is 8.94. The summed E-state index contributed by atoms with van der Waals surface area (Å²) in [5, 5.41) is 0. The van der Waals surface area contributed by atoms with Crippen LogP contribution < -0.4 is 0 Å². The largest absolute Gasteiger partial charge is 0.372 e. The number of piperidine rings is 1. The molecule has 0 aromatic carbocycles. The number of hydrogen-bond acceptors (Lipinski definition) is 6. The van der Waals surface area contributed by atoms with Crippen LogP contribution >= 0.6 is 0 Å². The third kappa shape index (κ3) is 3.73. The van der Waals surface area contributed by atoms with Crippen molar-refractivity contribution < 1.29 is 14.3 Å². The van der Waals surface area contributed by atoms with Gasteiger partial charge in [0.05, 0.1) is 31.1 Å². The second kappa shape index (κ2) is 7.47. The van der Waals surface area contributed by atoms with Gasteiger partial charge in [0.25, 0.3) is 5.91 Å². The average Bonchev–Trinajstić information content (AvgIpc) is 3.10. The van der Waals surface area contributed by atoms with Crippen LogP contribution in [0, 0.1) is 0 Å². The number of carbonyl (C=O) groups is 1. The molecule has 0 N–H and O–H groups in total. The number of nitrogens with zero attached hydrogens (tertiary/aromatic N) is 4. The normalized spacial score (nSPS) is 21.8. The minimum Gasteiger partial charge on any atom is -0.372 e. The highest BCUT2D eigenvalue weighted by Crippen LogP contribution is 2.37. The van der Waals surface area contributed by atoms with Crippen LogP contribution in [0.3, 0.4) is 0 Å². The van der Waals surface area contributed by atoms with E-state index >= 15 is 0 Å². The summed E-state index contributed by atoms with van der Waals surface area (Å²) >= 11 is 0. The van der Waals surface area contributed by atoms with Gasteiger partial charge in [0.2, 0.25) is 0 Å². The molecule has 7 nitrogen and oxygen atoms in total. The lowest BCUT2D eigenvalue weighted by atomic mass is 9.88. The Labute approximate surface area is 152 Å². The molecule has 0 saturated carbocycles. The molecule has 0 aliphatic carbocycles. The lowest BCUT2D eigenvalue weighted by Crippen LogP contribution is -2.46. The summed E-state index contributed by atoms with van der Waals surface area (Å²) in [7, 11) is 0. The third-order valence-electron chi connectivity index (χ3n) is 5.15. The number of pyridine rings is 1. The summed E-state index contributed by atoms with van der Waals surface area (Å²) < 4.78 is 12.1. The zero-order valence-electron chi connectivity index (χ0n) is 14.6. The quantitative estimate of drug-likeness (QED) is 0.834. The van der Waals surface area contributed by atoms with E-state index in [9.17, 15) is 4.79 Å². The molecule has 2 saturated heterocycles. The van der Waals surface area contributed by atoms with Gasteiger partial charge in [-0.1, -0.05) is 0 Å². The zero-order chi connectivity index (χ0) is 17.8. The molecule has 2 aliphatic heterocycles. The molecule has 136 valence electrons. The molecule has 1 spiro atoms. The first-order chi connectivity index (χ1) is 12.7. The minimum atomic E-state index is -0.165. The molecule has 2 aromatic heterocycles. The van der Waals surface area contributed by atoms with Gasteiger partial charge in [-0.05, 0) is 30.5 Å². The van der Waals surface area contributed by atoms with E-state index in [1.165, 1.54) is 6.20 Å². The standard InChI is InChI=1S/C19H22N4O3/c24-18(17-12-21-7-8-22-17)23-9-3-19(4-10-23)11-16(14-26-19)25-13-15-1-5-20-6-2-15/h1-2,5-8,12,16H,3-4,9-11,13-14H2. The smallest absolute Gasteiger partial charge is 0.274 e. The second-order valence-corrected chi connectivity index (χ2v) is 6.87. The number of amides is 1. The first kappa shape index (κ1) is 17.1. The van der Waals surface area contributed by atoms with Gasteiger partial charge in [0.15, 0.2) is 0 Å². The van der Waals surface area contributed by atoms with Crippen molar-refractivity contribution in [2.45, 2.75) is 37.6 Å². The van der Waals surface area contributed by atoms with Crippen molar-refractivity contribution in [1.82, 2.24) is 19.9 Å². The number of aromatic nitrogens is 3. The number of carbonyl (C=O) groups excluding carboxylic acids is 1. The van der Waals surface area contributed by atoms with Crippen LogP contribution in [0.5, 0.6) is 0 Å². The Hall–Kier alpha value is -2.38. The zero-order valence-corrected chi connectivity index (χ0v) is 14.6. The van der Waals surface area contributed by atoms with Gasteiger partial charge in [-0.2, -0.15) is 0 Å². The molecule has 2 fully saturated rings. The van der Waals surface area contributed by atoms with E-state index in [2.05, 4.69) is 15.0 Å². The highest BCUT2D eigenvalue weighted by molar-refractivity contribution is 5.92. The number of rotatable bonds is 4. The maximum atomic E-state index is 12.5. The fraction of sp³-hybridized carbons (Fsp3) is 0.474. The Balaban J connectivity index is 1.28. The van der Waals surface area contributed by atoms with Crippen LogP contribution in [-0.2, 0) is 16.1 Å². The SMILES string of the molecule is O=C(c1cnccn1)N1CCC2(CC1)CC(OCc1ccncc1)CO2. The number of hydrogen-bond donors (Lipinski definition) is 0. The second-order valence-electron chi connectivity index (χ2n) is 6.87. The van der Waals surface area contributed by atoms with Gasteiger partial charge in [-0.15, -0.1) is 0 Å². The molecule has 2 aromatic rings. The predicted octanol–water partition coefficient (Wildman–Crippen LogP) is 1.85. The van der Waals surface area contributed by atoms with E-state index in [1.807, 2.05) is 17.0 Å². The average molecular weight is 354 g/mol. The van der Waals surface area contributed by atoms with Crippen LogP contribution in [0.1, 0.15) is 35.3 Å². The Morgan fingerprint density at radius 3 is 2.73 bits per heavy atom. The first-order valence-electron chi connectivity index (χ1n) is 8.94. The van der Waals surface area contributed by atoms with Crippen LogP contribution in [0.15, 0.2) is 43.1 Å². The highest BCUT2D eigenvalue weighted by Gasteiger charge is 2.44. The predicted molar refractivity (Wildman–Crippen MR) is 93.3 cm³/mol. The van der Waals surface area contributed by atoms with Crippen molar-refractivity contribution in [2.24, 2.45) is 0 Å². The highest BCUT2D eigenvalue weighted by atomic mass is 16.6. The van der Waals surface area contributed by atoms with Crippen molar-refractivity contribution in [3.63, 3.8) is 0 Å². The minimum absolute atomic E-state index is 0.0589. The van der Waals surface area contributed by atoms with E-state index in [-0.39, 0.29) is 17.6 Å². The number of likely N-dealkylation sites (tertiary alicyclic amines) is 1. The third-order valence-corrected chi connectivity index (χ3v) is 5.15. The summed E-state index contributed by atoms with van der Waals surface area (Å²) in [6.45, 7) is 2.53. The van der Waals surface area contributed by atoms with Crippen LogP contribution in [0.4, 0.5) is 0 Å². The van der Waals surface area contributed by atoms with Crippen LogP contribution in [0.25, 0.3) is 0 Å². The monoisotopic (exact) mass is 354 g/mol. The fourth-order valence-electron chi connectivity index (χ4n) is 3.64. The summed E-state index contributed by atoms with van der Waals surface area (Å²) in [6.07, 6.45) is 10.8. The van der Waals surface area contributed by atoms with Crippen molar-refractivity contribution >= 4 is 5.91 Å². The van der Waals surface area contributed by atoms with E-state index < -0.39 is 0 Å². The van der Waals surface area contributed by atoms with E-state index in [4.69, 9.17) is 9.47 Å².